The molecule has 0 unspecified atom stereocenters. The van der Waals surface area contributed by atoms with E-state index in [-0.39, 0.29) is 5.91 Å². The third-order valence-corrected chi connectivity index (χ3v) is 3.93. The summed E-state index contributed by atoms with van der Waals surface area (Å²) >= 11 is 0. The minimum atomic E-state index is -0.0380. The van der Waals surface area contributed by atoms with Gasteiger partial charge >= 0.3 is 0 Å². The molecule has 6 heteroatoms. The van der Waals surface area contributed by atoms with Gasteiger partial charge in [0, 0.05) is 31.5 Å². The number of amides is 1. The van der Waals surface area contributed by atoms with Gasteiger partial charge in [0.2, 0.25) is 5.91 Å². The Morgan fingerprint density at radius 3 is 2.30 bits per heavy atom. The van der Waals surface area contributed by atoms with E-state index in [9.17, 15) is 4.79 Å². The highest BCUT2D eigenvalue weighted by Crippen LogP contribution is 2.20. The van der Waals surface area contributed by atoms with Crippen molar-refractivity contribution in [1.29, 1.82) is 0 Å². The molecule has 0 aliphatic heterocycles. The van der Waals surface area contributed by atoms with Crippen LogP contribution in [0.25, 0.3) is 0 Å². The van der Waals surface area contributed by atoms with Crippen LogP contribution in [0.3, 0.4) is 0 Å². The molecule has 0 fully saturated rings. The summed E-state index contributed by atoms with van der Waals surface area (Å²) in [6.45, 7) is 1.86. The summed E-state index contributed by atoms with van der Waals surface area (Å²) in [6.07, 6.45) is 0.356. The molecule has 138 valence electrons. The van der Waals surface area contributed by atoms with E-state index in [0.717, 1.165) is 28.6 Å². The van der Waals surface area contributed by atoms with Gasteiger partial charge in [0.05, 0.1) is 6.42 Å². The molecular formula is C21H23N5O. The lowest BCUT2D eigenvalue weighted by Crippen LogP contribution is -2.14. The minimum Gasteiger partial charge on any atom is -0.363 e. The van der Waals surface area contributed by atoms with Crippen LogP contribution >= 0.6 is 0 Å². The number of aryl methyl sites for hydroxylation is 1. The zero-order chi connectivity index (χ0) is 19.2. The number of carbonyl (C=O) groups is 1. The first-order valence-corrected chi connectivity index (χ1v) is 8.73. The Morgan fingerprint density at radius 1 is 0.963 bits per heavy atom. The Labute approximate surface area is 159 Å². The molecular weight excluding hydrogens is 338 g/mol. The van der Waals surface area contributed by atoms with Gasteiger partial charge < -0.3 is 15.5 Å². The van der Waals surface area contributed by atoms with Crippen LogP contribution in [0.15, 0.2) is 60.7 Å². The van der Waals surface area contributed by atoms with Gasteiger partial charge in [0.15, 0.2) is 0 Å². The van der Waals surface area contributed by atoms with Crippen molar-refractivity contribution in [2.75, 3.05) is 29.6 Å². The number of rotatable bonds is 6. The van der Waals surface area contributed by atoms with E-state index in [0.29, 0.717) is 12.2 Å². The fraction of sp³-hybridized carbons (Fsp3) is 0.190. The maximum absolute atomic E-state index is 12.1. The van der Waals surface area contributed by atoms with Crippen molar-refractivity contribution >= 4 is 28.9 Å². The second kappa shape index (κ2) is 8.31. The highest BCUT2D eigenvalue weighted by atomic mass is 16.1. The van der Waals surface area contributed by atoms with Crippen LogP contribution in [0.1, 0.15) is 11.4 Å². The van der Waals surface area contributed by atoms with Crippen LogP contribution in [0.4, 0.5) is 23.0 Å². The van der Waals surface area contributed by atoms with Crippen LogP contribution in [0, 0.1) is 6.92 Å². The lowest BCUT2D eigenvalue weighted by molar-refractivity contribution is -0.115. The number of nitrogens with zero attached hydrogens (tertiary/aromatic N) is 3. The lowest BCUT2D eigenvalue weighted by Gasteiger charge is -2.14. The molecule has 0 saturated heterocycles. The molecule has 1 amide bonds. The summed E-state index contributed by atoms with van der Waals surface area (Å²) < 4.78 is 0. The Kier molecular flexibility index (Phi) is 5.66. The van der Waals surface area contributed by atoms with Gasteiger partial charge in [-0.25, -0.2) is 9.97 Å². The molecule has 2 aromatic carbocycles. The smallest absolute Gasteiger partial charge is 0.228 e. The summed E-state index contributed by atoms with van der Waals surface area (Å²) in [6, 6.07) is 19.1. The van der Waals surface area contributed by atoms with Crippen LogP contribution in [-0.2, 0) is 11.2 Å². The van der Waals surface area contributed by atoms with Crippen LogP contribution in [-0.4, -0.2) is 30.0 Å². The molecule has 2 N–H and O–H groups in total. The Hall–Kier alpha value is -3.41. The van der Waals surface area contributed by atoms with E-state index >= 15 is 0 Å². The number of anilines is 4. The van der Waals surface area contributed by atoms with E-state index in [1.165, 1.54) is 0 Å². The first-order chi connectivity index (χ1) is 13.0. The topological polar surface area (TPSA) is 70.2 Å². The van der Waals surface area contributed by atoms with Gasteiger partial charge in [-0.15, -0.1) is 0 Å². The normalized spacial score (nSPS) is 10.3. The molecule has 0 radical (unpaired) electrons. The largest absolute Gasteiger partial charge is 0.363 e. The quantitative estimate of drug-likeness (QED) is 0.699. The van der Waals surface area contributed by atoms with E-state index in [2.05, 4.69) is 20.6 Å². The van der Waals surface area contributed by atoms with E-state index in [1.54, 1.807) is 0 Å². The molecule has 0 aliphatic rings. The molecule has 0 saturated carbocycles. The monoisotopic (exact) mass is 361 g/mol. The third-order valence-electron chi connectivity index (χ3n) is 3.93. The number of hydrogen-bond acceptors (Lipinski definition) is 5. The molecule has 3 rings (SSSR count). The molecule has 0 spiro atoms. The molecule has 1 aromatic heterocycles. The van der Waals surface area contributed by atoms with Gasteiger partial charge in [-0.3, -0.25) is 4.79 Å². The highest BCUT2D eigenvalue weighted by Gasteiger charge is 2.06. The van der Waals surface area contributed by atoms with E-state index < -0.39 is 0 Å². The summed E-state index contributed by atoms with van der Waals surface area (Å²) in [5, 5.41) is 6.19. The van der Waals surface area contributed by atoms with Crippen LogP contribution < -0.4 is 15.5 Å². The minimum absolute atomic E-state index is 0.0380. The number of carbonyl (C=O) groups excluding carboxylic acids is 1. The van der Waals surface area contributed by atoms with Crippen molar-refractivity contribution < 1.29 is 4.79 Å². The van der Waals surface area contributed by atoms with Crippen LogP contribution in [0.5, 0.6) is 0 Å². The Bertz CT molecular complexity index is 908. The molecule has 1 heterocycles. The number of benzene rings is 2. The lowest BCUT2D eigenvalue weighted by atomic mass is 10.1. The zero-order valence-electron chi connectivity index (χ0n) is 15.7. The van der Waals surface area contributed by atoms with Crippen molar-refractivity contribution in [2.45, 2.75) is 13.3 Å². The van der Waals surface area contributed by atoms with Gasteiger partial charge in [-0.1, -0.05) is 30.3 Å². The highest BCUT2D eigenvalue weighted by molar-refractivity contribution is 5.92. The first kappa shape index (κ1) is 18.4. The Morgan fingerprint density at radius 2 is 1.63 bits per heavy atom. The summed E-state index contributed by atoms with van der Waals surface area (Å²) in [4.78, 5) is 22.9. The number of aromatic nitrogens is 2. The third kappa shape index (κ3) is 5.28. The van der Waals surface area contributed by atoms with Crippen LogP contribution in [0.2, 0.25) is 0 Å². The predicted molar refractivity (Wildman–Crippen MR) is 110 cm³/mol. The van der Waals surface area contributed by atoms with Gasteiger partial charge in [0.25, 0.3) is 0 Å². The van der Waals surface area contributed by atoms with Crippen molar-refractivity contribution in [3.63, 3.8) is 0 Å². The van der Waals surface area contributed by atoms with E-state index in [1.807, 2.05) is 86.6 Å². The first-order valence-electron chi connectivity index (χ1n) is 8.73. The molecule has 3 aromatic rings. The van der Waals surface area contributed by atoms with Gasteiger partial charge in [-0.05, 0) is 36.8 Å². The molecule has 0 aliphatic carbocycles. The average molecular weight is 361 g/mol. The van der Waals surface area contributed by atoms with Crippen molar-refractivity contribution in [3.05, 3.63) is 72.1 Å². The van der Waals surface area contributed by atoms with Crippen molar-refractivity contribution in [2.24, 2.45) is 0 Å². The molecule has 27 heavy (non-hydrogen) atoms. The van der Waals surface area contributed by atoms with Gasteiger partial charge in [0.1, 0.15) is 17.5 Å². The van der Waals surface area contributed by atoms with Crippen molar-refractivity contribution in [3.8, 4) is 0 Å². The fourth-order valence-electron chi connectivity index (χ4n) is 2.62. The second-order valence-electron chi connectivity index (χ2n) is 6.47. The zero-order valence-corrected chi connectivity index (χ0v) is 15.7. The number of hydrogen-bond donors (Lipinski definition) is 2. The summed E-state index contributed by atoms with van der Waals surface area (Å²) in [7, 11) is 3.89. The molecule has 0 atom stereocenters. The second-order valence-corrected chi connectivity index (χ2v) is 6.47. The molecule has 6 nitrogen and oxygen atoms in total. The Balaban J connectivity index is 1.63. The van der Waals surface area contributed by atoms with Crippen molar-refractivity contribution in [1.82, 2.24) is 9.97 Å². The maximum atomic E-state index is 12.1. The maximum Gasteiger partial charge on any atom is 0.228 e. The SMILES string of the molecule is Cc1nc(Nc2ccc(NC(=O)Cc3ccccc3)cc2)cc(N(C)C)n1. The fourth-order valence-corrected chi connectivity index (χ4v) is 2.62. The van der Waals surface area contributed by atoms with Gasteiger partial charge in [-0.2, -0.15) is 0 Å². The molecule has 0 bridgehead atoms. The van der Waals surface area contributed by atoms with E-state index in [4.69, 9.17) is 0 Å². The average Bonchev–Trinajstić information content (AvgIpc) is 2.63. The standard InChI is InChI=1S/C21H23N5O/c1-15-22-19(14-20(23-15)26(2)3)24-17-9-11-18(12-10-17)25-21(27)13-16-7-5-4-6-8-16/h4-12,14H,13H2,1-3H3,(H,25,27)(H,22,23,24). The predicted octanol–water partition coefficient (Wildman–Crippen LogP) is 3.78. The number of nitrogens with one attached hydrogen (secondary N) is 2. The summed E-state index contributed by atoms with van der Waals surface area (Å²) in [5.74, 6) is 2.24. The summed E-state index contributed by atoms with van der Waals surface area (Å²) in [5.41, 5.74) is 2.64.